The van der Waals surface area contributed by atoms with Gasteiger partial charge in [-0.3, -0.25) is 4.79 Å². The SMILES string of the molecule is Cc1cc(C(=O)N(C)Cc2nc3ccccc3s2)c(C)n1C(C)C. The Kier molecular flexibility index (Phi) is 4.45. The zero-order valence-electron chi connectivity index (χ0n) is 14.8. The molecule has 0 aliphatic rings. The number of hydrogen-bond acceptors (Lipinski definition) is 3. The van der Waals surface area contributed by atoms with Crippen LogP contribution in [0.15, 0.2) is 30.3 Å². The molecular weight excluding hydrogens is 318 g/mol. The predicted molar refractivity (Wildman–Crippen MR) is 99.7 cm³/mol. The Morgan fingerprint density at radius 2 is 2.00 bits per heavy atom. The predicted octanol–water partition coefficient (Wildman–Crippen LogP) is 4.57. The van der Waals surface area contributed by atoms with E-state index in [2.05, 4.69) is 36.4 Å². The highest BCUT2D eigenvalue weighted by Gasteiger charge is 2.21. The number of carbonyl (C=O) groups is 1. The van der Waals surface area contributed by atoms with E-state index >= 15 is 0 Å². The van der Waals surface area contributed by atoms with Gasteiger partial charge in [-0.1, -0.05) is 12.1 Å². The highest BCUT2D eigenvalue weighted by molar-refractivity contribution is 7.18. The number of para-hydroxylation sites is 1. The van der Waals surface area contributed by atoms with E-state index in [0.717, 1.165) is 32.2 Å². The second-order valence-corrected chi connectivity index (χ2v) is 7.60. The van der Waals surface area contributed by atoms with E-state index in [1.165, 1.54) is 0 Å². The largest absolute Gasteiger partial charge is 0.346 e. The van der Waals surface area contributed by atoms with Crippen LogP contribution in [0.5, 0.6) is 0 Å². The van der Waals surface area contributed by atoms with Gasteiger partial charge in [0.2, 0.25) is 0 Å². The number of thiazole rings is 1. The molecule has 0 atom stereocenters. The average Bonchev–Trinajstić information content (AvgIpc) is 3.06. The van der Waals surface area contributed by atoms with Crippen molar-refractivity contribution in [3.8, 4) is 0 Å². The fourth-order valence-corrected chi connectivity index (χ4v) is 4.28. The molecule has 126 valence electrons. The summed E-state index contributed by atoms with van der Waals surface area (Å²) in [5, 5.41) is 0.963. The normalized spacial score (nSPS) is 11.4. The Bertz CT molecular complexity index is 858. The molecule has 0 spiro atoms. The fraction of sp³-hybridized carbons (Fsp3) is 0.368. The fourth-order valence-electron chi connectivity index (χ4n) is 3.26. The van der Waals surface area contributed by atoms with E-state index in [-0.39, 0.29) is 5.91 Å². The lowest BCUT2D eigenvalue weighted by atomic mass is 10.2. The highest BCUT2D eigenvalue weighted by Crippen LogP contribution is 2.24. The quantitative estimate of drug-likeness (QED) is 0.697. The van der Waals surface area contributed by atoms with E-state index in [4.69, 9.17) is 0 Å². The van der Waals surface area contributed by atoms with Gasteiger partial charge in [0.05, 0.1) is 22.3 Å². The maximum atomic E-state index is 12.9. The molecule has 5 heteroatoms. The second-order valence-electron chi connectivity index (χ2n) is 6.49. The molecule has 0 unspecified atom stereocenters. The summed E-state index contributed by atoms with van der Waals surface area (Å²) in [5.41, 5.74) is 3.93. The Labute approximate surface area is 146 Å². The second kappa shape index (κ2) is 6.40. The zero-order valence-corrected chi connectivity index (χ0v) is 15.6. The van der Waals surface area contributed by atoms with Crippen LogP contribution in [0.2, 0.25) is 0 Å². The molecule has 4 nitrogen and oxygen atoms in total. The molecule has 1 aromatic carbocycles. The number of rotatable bonds is 4. The van der Waals surface area contributed by atoms with Gasteiger partial charge in [0.1, 0.15) is 5.01 Å². The van der Waals surface area contributed by atoms with Crippen molar-refractivity contribution < 1.29 is 4.79 Å². The van der Waals surface area contributed by atoms with Gasteiger partial charge in [0, 0.05) is 24.5 Å². The van der Waals surface area contributed by atoms with Gasteiger partial charge in [-0.25, -0.2) is 4.98 Å². The van der Waals surface area contributed by atoms with Crippen LogP contribution >= 0.6 is 11.3 Å². The van der Waals surface area contributed by atoms with Gasteiger partial charge in [0.25, 0.3) is 5.91 Å². The molecule has 0 radical (unpaired) electrons. The minimum atomic E-state index is 0.0502. The van der Waals surface area contributed by atoms with Crippen LogP contribution in [0, 0.1) is 13.8 Å². The smallest absolute Gasteiger partial charge is 0.255 e. The molecule has 1 amide bonds. The minimum absolute atomic E-state index is 0.0502. The van der Waals surface area contributed by atoms with Crippen LogP contribution in [-0.4, -0.2) is 27.4 Å². The monoisotopic (exact) mass is 341 g/mol. The Balaban J connectivity index is 1.83. The van der Waals surface area contributed by atoms with Crippen LogP contribution in [-0.2, 0) is 6.54 Å². The standard InChI is InChI=1S/C19H23N3OS/c1-12(2)22-13(3)10-15(14(22)4)19(23)21(5)11-18-20-16-8-6-7-9-17(16)24-18/h6-10,12H,11H2,1-5H3. The molecule has 3 rings (SSSR count). The molecule has 24 heavy (non-hydrogen) atoms. The third-order valence-electron chi connectivity index (χ3n) is 4.29. The third-order valence-corrected chi connectivity index (χ3v) is 5.31. The molecule has 0 saturated heterocycles. The Morgan fingerprint density at radius 1 is 1.29 bits per heavy atom. The topological polar surface area (TPSA) is 38.1 Å². The summed E-state index contributed by atoms with van der Waals surface area (Å²) in [6, 6.07) is 10.4. The molecule has 2 aromatic heterocycles. The van der Waals surface area contributed by atoms with Crippen molar-refractivity contribution in [2.75, 3.05) is 7.05 Å². The van der Waals surface area contributed by atoms with E-state index in [1.54, 1.807) is 16.2 Å². The van der Waals surface area contributed by atoms with Crippen molar-refractivity contribution in [3.05, 3.63) is 52.3 Å². The first-order valence-corrected chi connectivity index (χ1v) is 8.98. The van der Waals surface area contributed by atoms with Crippen LogP contribution in [0.1, 0.15) is 46.6 Å². The first kappa shape index (κ1) is 16.7. The molecule has 0 N–H and O–H groups in total. The van der Waals surface area contributed by atoms with Gasteiger partial charge >= 0.3 is 0 Å². The van der Waals surface area contributed by atoms with Gasteiger partial charge < -0.3 is 9.47 Å². The van der Waals surface area contributed by atoms with Crippen molar-refractivity contribution in [1.29, 1.82) is 0 Å². The third kappa shape index (κ3) is 2.96. The van der Waals surface area contributed by atoms with Crippen LogP contribution in [0.25, 0.3) is 10.2 Å². The van der Waals surface area contributed by atoms with Gasteiger partial charge in [-0.05, 0) is 45.9 Å². The molecule has 2 heterocycles. The molecule has 0 bridgehead atoms. The Morgan fingerprint density at radius 3 is 2.62 bits per heavy atom. The number of benzene rings is 1. The molecule has 3 aromatic rings. The van der Waals surface area contributed by atoms with Gasteiger partial charge in [-0.2, -0.15) is 0 Å². The summed E-state index contributed by atoms with van der Waals surface area (Å²) < 4.78 is 3.37. The lowest BCUT2D eigenvalue weighted by Gasteiger charge is -2.17. The number of hydrogen-bond donors (Lipinski definition) is 0. The van der Waals surface area contributed by atoms with E-state index in [1.807, 2.05) is 38.2 Å². The van der Waals surface area contributed by atoms with Gasteiger partial charge in [0.15, 0.2) is 0 Å². The van der Waals surface area contributed by atoms with Crippen molar-refractivity contribution in [3.63, 3.8) is 0 Å². The maximum Gasteiger partial charge on any atom is 0.255 e. The molecule has 0 aliphatic carbocycles. The molecule has 0 saturated carbocycles. The number of nitrogens with zero attached hydrogens (tertiary/aromatic N) is 3. The maximum absolute atomic E-state index is 12.9. The summed E-state index contributed by atoms with van der Waals surface area (Å²) in [7, 11) is 1.84. The van der Waals surface area contributed by atoms with Crippen molar-refractivity contribution in [2.45, 2.75) is 40.3 Å². The molecule has 0 fully saturated rings. The van der Waals surface area contributed by atoms with Crippen molar-refractivity contribution in [1.82, 2.24) is 14.5 Å². The first-order valence-electron chi connectivity index (χ1n) is 8.17. The van der Waals surface area contributed by atoms with Crippen LogP contribution < -0.4 is 0 Å². The zero-order chi connectivity index (χ0) is 17.4. The minimum Gasteiger partial charge on any atom is -0.346 e. The lowest BCUT2D eigenvalue weighted by Crippen LogP contribution is -2.26. The number of aryl methyl sites for hydroxylation is 1. The molecular formula is C19H23N3OS. The summed E-state index contributed by atoms with van der Waals surface area (Å²) in [4.78, 5) is 19.2. The van der Waals surface area contributed by atoms with Crippen molar-refractivity contribution in [2.24, 2.45) is 0 Å². The number of amides is 1. The number of carbonyl (C=O) groups excluding carboxylic acids is 1. The van der Waals surface area contributed by atoms with E-state index in [9.17, 15) is 4.79 Å². The summed E-state index contributed by atoms with van der Waals surface area (Å²) in [6.07, 6.45) is 0. The summed E-state index contributed by atoms with van der Waals surface area (Å²) in [6.45, 7) is 8.88. The summed E-state index contributed by atoms with van der Waals surface area (Å²) in [5.74, 6) is 0.0502. The lowest BCUT2D eigenvalue weighted by molar-refractivity contribution is 0.0784. The van der Waals surface area contributed by atoms with E-state index < -0.39 is 0 Å². The van der Waals surface area contributed by atoms with Crippen molar-refractivity contribution >= 4 is 27.5 Å². The van der Waals surface area contributed by atoms with E-state index in [0.29, 0.717) is 12.6 Å². The summed E-state index contributed by atoms with van der Waals surface area (Å²) >= 11 is 1.65. The number of fused-ring (bicyclic) bond motifs is 1. The van der Waals surface area contributed by atoms with Gasteiger partial charge in [-0.15, -0.1) is 11.3 Å². The van der Waals surface area contributed by atoms with Crippen LogP contribution in [0.3, 0.4) is 0 Å². The average molecular weight is 341 g/mol. The molecule has 0 aliphatic heterocycles. The van der Waals surface area contributed by atoms with Crippen LogP contribution in [0.4, 0.5) is 0 Å². The highest BCUT2D eigenvalue weighted by atomic mass is 32.1. The first-order chi connectivity index (χ1) is 11.4. The number of aromatic nitrogens is 2. The Hall–Kier alpha value is -2.14.